The van der Waals surface area contributed by atoms with Gasteiger partial charge >= 0.3 is 0 Å². The van der Waals surface area contributed by atoms with Crippen molar-refractivity contribution in [2.45, 2.75) is 0 Å². The Labute approximate surface area is 147 Å². The Morgan fingerprint density at radius 3 is 2.60 bits per heavy atom. The number of hydrogen-bond acceptors (Lipinski definition) is 5. The highest BCUT2D eigenvalue weighted by Crippen LogP contribution is 2.34. The molecule has 0 radical (unpaired) electrons. The van der Waals surface area contributed by atoms with Gasteiger partial charge in [0.2, 0.25) is 5.78 Å². The molecule has 0 atom stereocenters. The Morgan fingerprint density at radius 1 is 1.08 bits per heavy atom. The quantitative estimate of drug-likeness (QED) is 0.544. The molecule has 120 valence electrons. The molecule has 0 aliphatic rings. The van der Waals surface area contributed by atoms with Gasteiger partial charge in [0.05, 0.1) is 11.1 Å². The first kappa shape index (κ1) is 15.1. The van der Waals surface area contributed by atoms with Gasteiger partial charge in [-0.1, -0.05) is 47.7 Å². The molecule has 0 spiro atoms. The van der Waals surface area contributed by atoms with Crippen LogP contribution in [0.25, 0.3) is 21.0 Å². The van der Waals surface area contributed by atoms with Gasteiger partial charge in [-0.3, -0.25) is 10.5 Å². The van der Waals surface area contributed by atoms with E-state index in [4.69, 9.17) is 16.7 Å². The molecule has 2 aromatic carbocycles. The zero-order valence-electron chi connectivity index (χ0n) is 13.0. The van der Waals surface area contributed by atoms with E-state index < -0.39 is 0 Å². The Bertz CT molecular complexity index is 1200. The van der Waals surface area contributed by atoms with Crippen molar-refractivity contribution in [2.75, 3.05) is 11.5 Å². The summed E-state index contributed by atoms with van der Waals surface area (Å²) in [4.78, 5) is 17.0. The Morgan fingerprint density at radius 2 is 1.84 bits per heavy atom. The van der Waals surface area contributed by atoms with Gasteiger partial charge in [-0.05, 0) is 22.9 Å². The van der Waals surface area contributed by atoms with E-state index in [1.165, 1.54) is 11.3 Å². The van der Waals surface area contributed by atoms with Gasteiger partial charge in [-0.25, -0.2) is 4.98 Å². The number of anilines is 2. The molecular weight excluding hydrogens is 332 g/mol. The number of benzene rings is 2. The molecule has 0 fully saturated rings. The topological polar surface area (TPSA) is 107 Å². The predicted octanol–water partition coefficient (Wildman–Crippen LogP) is 3.14. The minimum atomic E-state index is -0.144. The standard InChI is InChI=1S/C19H12N4OS/c20-9-13-8-14-15(21)17(25-19(14)23-18(13)22)16(24)12-6-5-10-3-1-2-4-11(10)7-12/h1-8H,21H2,(H2,22,23)/p+1. The molecule has 0 aliphatic heterocycles. The fraction of sp³-hybridized carbons (Fsp3) is 0. The van der Waals surface area contributed by atoms with Crippen molar-refractivity contribution in [1.82, 2.24) is 0 Å². The molecule has 5 N–H and O–H groups in total. The lowest BCUT2D eigenvalue weighted by Gasteiger charge is -2.02. The number of carbonyl (C=O) groups is 1. The van der Waals surface area contributed by atoms with E-state index in [-0.39, 0.29) is 11.6 Å². The summed E-state index contributed by atoms with van der Waals surface area (Å²) in [6.07, 6.45) is 0. The van der Waals surface area contributed by atoms with Crippen molar-refractivity contribution in [3.8, 4) is 6.07 Å². The molecule has 5 nitrogen and oxygen atoms in total. The monoisotopic (exact) mass is 345 g/mol. The number of pyridine rings is 1. The summed E-state index contributed by atoms with van der Waals surface area (Å²) in [6.45, 7) is 0. The second-order valence-corrected chi connectivity index (χ2v) is 6.71. The molecule has 4 rings (SSSR count). The lowest BCUT2D eigenvalue weighted by molar-refractivity contribution is -0.323. The van der Waals surface area contributed by atoms with E-state index in [2.05, 4.69) is 4.98 Å². The van der Waals surface area contributed by atoms with Crippen molar-refractivity contribution in [2.24, 2.45) is 0 Å². The van der Waals surface area contributed by atoms with E-state index in [9.17, 15) is 4.79 Å². The number of nitrogens with two attached hydrogens (primary N) is 2. The molecule has 25 heavy (non-hydrogen) atoms. The van der Waals surface area contributed by atoms with Crippen LogP contribution in [0.3, 0.4) is 0 Å². The number of thiophene rings is 1. The van der Waals surface area contributed by atoms with Crippen LogP contribution < -0.4 is 16.5 Å². The molecule has 2 heterocycles. The molecule has 0 amide bonds. The summed E-state index contributed by atoms with van der Waals surface area (Å²) in [7, 11) is 0. The Kier molecular flexibility index (Phi) is 3.38. The van der Waals surface area contributed by atoms with Crippen molar-refractivity contribution in [3.63, 3.8) is 0 Å². The third-order valence-corrected chi connectivity index (χ3v) is 5.28. The molecular formula is C19H13N4OS+. The maximum atomic E-state index is 12.9. The van der Waals surface area contributed by atoms with E-state index in [0.29, 0.717) is 31.9 Å². The van der Waals surface area contributed by atoms with Crippen LogP contribution >= 0.6 is 11.3 Å². The number of nitrogen functional groups attached to an aromatic ring is 2. The van der Waals surface area contributed by atoms with E-state index in [1.54, 1.807) is 12.1 Å². The molecule has 0 aliphatic carbocycles. The number of nitriles is 1. The van der Waals surface area contributed by atoms with Crippen LogP contribution in [0.15, 0.2) is 48.5 Å². The summed E-state index contributed by atoms with van der Waals surface area (Å²) in [5.41, 5.74) is 13.2. The predicted molar refractivity (Wildman–Crippen MR) is 99.3 cm³/mol. The second-order valence-electron chi connectivity index (χ2n) is 5.69. The molecule has 0 bridgehead atoms. The zero-order chi connectivity index (χ0) is 17.6. The number of ketones is 1. The fourth-order valence-electron chi connectivity index (χ4n) is 2.83. The largest absolute Gasteiger partial charge is 0.397 e. The molecule has 0 saturated heterocycles. The molecule has 2 aromatic heterocycles. The summed E-state index contributed by atoms with van der Waals surface area (Å²) >= 11 is 1.25. The number of H-pyrrole nitrogens is 1. The highest BCUT2D eigenvalue weighted by atomic mass is 32.1. The van der Waals surface area contributed by atoms with Gasteiger partial charge in [-0.15, -0.1) is 0 Å². The molecule has 0 saturated carbocycles. The summed E-state index contributed by atoms with van der Waals surface area (Å²) < 4.78 is 0. The third kappa shape index (κ3) is 2.38. The number of rotatable bonds is 2. The molecule has 4 aromatic rings. The normalized spacial score (nSPS) is 10.8. The van der Waals surface area contributed by atoms with E-state index in [0.717, 1.165) is 10.8 Å². The maximum Gasteiger partial charge on any atom is 0.289 e. The first-order valence-corrected chi connectivity index (χ1v) is 8.37. The second kappa shape index (κ2) is 5.58. The van der Waals surface area contributed by atoms with Crippen LogP contribution in [0.5, 0.6) is 0 Å². The SMILES string of the molecule is N#Cc1cc2c(N)c(C(=O)c3ccc4ccccc4c3)sc2[nH+]c1N. The van der Waals surface area contributed by atoms with E-state index in [1.807, 2.05) is 42.5 Å². The van der Waals surface area contributed by atoms with Crippen molar-refractivity contribution < 1.29 is 9.78 Å². The van der Waals surface area contributed by atoms with Crippen molar-refractivity contribution >= 4 is 49.6 Å². The number of aromatic nitrogens is 1. The minimum absolute atomic E-state index is 0.144. The number of aromatic amines is 1. The van der Waals surface area contributed by atoms with Gasteiger partial charge in [0.1, 0.15) is 16.5 Å². The van der Waals surface area contributed by atoms with Gasteiger partial charge < -0.3 is 5.73 Å². The average Bonchev–Trinajstić information content (AvgIpc) is 2.95. The third-order valence-electron chi connectivity index (χ3n) is 4.15. The maximum absolute atomic E-state index is 12.9. The fourth-order valence-corrected chi connectivity index (χ4v) is 3.90. The Hall–Kier alpha value is -3.43. The average molecular weight is 345 g/mol. The van der Waals surface area contributed by atoms with Gasteiger partial charge in [0.25, 0.3) is 5.82 Å². The van der Waals surface area contributed by atoms with Crippen LogP contribution in [-0.2, 0) is 0 Å². The van der Waals surface area contributed by atoms with Crippen molar-refractivity contribution in [3.05, 3.63) is 64.5 Å². The number of nitrogens with zero attached hydrogens (tertiary/aromatic N) is 1. The van der Waals surface area contributed by atoms with Gasteiger partial charge in [0.15, 0.2) is 4.83 Å². The van der Waals surface area contributed by atoms with Crippen LogP contribution in [0.1, 0.15) is 20.8 Å². The lowest BCUT2D eigenvalue weighted by atomic mass is 10.0. The smallest absolute Gasteiger partial charge is 0.289 e. The molecule has 6 heteroatoms. The first-order chi connectivity index (χ1) is 12.1. The Balaban J connectivity index is 1.86. The number of carbonyl (C=O) groups excluding carboxylic acids is 1. The van der Waals surface area contributed by atoms with Crippen molar-refractivity contribution in [1.29, 1.82) is 5.26 Å². The highest BCUT2D eigenvalue weighted by molar-refractivity contribution is 7.21. The number of hydrogen-bond donors (Lipinski definition) is 2. The van der Waals surface area contributed by atoms with Crippen LogP contribution in [-0.4, -0.2) is 5.78 Å². The number of fused-ring (bicyclic) bond motifs is 2. The summed E-state index contributed by atoms with van der Waals surface area (Å²) in [5.74, 6) is 0.121. The first-order valence-electron chi connectivity index (χ1n) is 7.56. The van der Waals surface area contributed by atoms with Crippen LogP contribution in [0, 0.1) is 11.3 Å². The van der Waals surface area contributed by atoms with Gasteiger partial charge in [0, 0.05) is 5.56 Å². The molecule has 0 unspecified atom stereocenters. The van der Waals surface area contributed by atoms with Crippen LogP contribution in [0.4, 0.5) is 11.5 Å². The van der Waals surface area contributed by atoms with E-state index >= 15 is 0 Å². The summed E-state index contributed by atoms with van der Waals surface area (Å²) in [6, 6.07) is 17.1. The minimum Gasteiger partial charge on any atom is -0.397 e. The lowest BCUT2D eigenvalue weighted by Crippen LogP contribution is -2.11. The number of nitrogens with one attached hydrogen (secondary N) is 1. The summed E-state index contributed by atoms with van der Waals surface area (Å²) in [5, 5.41) is 11.8. The highest BCUT2D eigenvalue weighted by Gasteiger charge is 2.22. The van der Waals surface area contributed by atoms with Crippen LogP contribution in [0.2, 0.25) is 0 Å². The van der Waals surface area contributed by atoms with Gasteiger partial charge in [-0.2, -0.15) is 5.26 Å². The zero-order valence-corrected chi connectivity index (χ0v) is 13.9.